The Hall–Kier alpha value is -1.10. The topological polar surface area (TPSA) is 66.6 Å². The molecule has 1 unspecified atom stereocenters. The van der Waals surface area contributed by atoms with Crippen molar-refractivity contribution in [3.05, 3.63) is 0 Å². The smallest absolute Gasteiger partial charge is 0.241 e. The fourth-order valence-corrected chi connectivity index (χ4v) is 1.51. The van der Waals surface area contributed by atoms with Gasteiger partial charge < -0.3 is 15.5 Å². The summed E-state index contributed by atoms with van der Waals surface area (Å²) in [6, 6.07) is 0. The van der Waals surface area contributed by atoms with Crippen LogP contribution >= 0.6 is 0 Å². The molecule has 0 aromatic heterocycles. The van der Waals surface area contributed by atoms with Crippen molar-refractivity contribution in [3.63, 3.8) is 0 Å². The number of hydrogen-bond acceptors (Lipinski definition) is 3. The summed E-state index contributed by atoms with van der Waals surface area (Å²) in [6.45, 7) is 5.44. The van der Waals surface area contributed by atoms with Crippen molar-refractivity contribution in [2.75, 3.05) is 33.7 Å². The highest BCUT2D eigenvalue weighted by atomic mass is 16.2. The van der Waals surface area contributed by atoms with E-state index < -0.39 is 0 Å². The molecule has 0 aromatic rings. The molecule has 0 spiro atoms. The van der Waals surface area contributed by atoms with Crippen LogP contribution < -0.4 is 5.73 Å². The van der Waals surface area contributed by atoms with Crippen LogP contribution in [0.4, 0.5) is 0 Å². The van der Waals surface area contributed by atoms with E-state index in [-0.39, 0.29) is 18.4 Å². The van der Waals surface area contributed by atoms with Gasteiger partial charge in [0.25, 0.3) is 0 Å². The van der Waals surface area contributed by atoms with Gasteiger partial charge in [-0.15, -0.1) is 0 Å². The molecule has 0 rings (SSSR count). The van der Waals surface area contributed by atoms with Crippen molar-refractivity contribution in [1.29, 1.82) is 0 Å². The Bertz CT molecular complexity index is 267. The molecule has 5 nitrogen and oxygen atoms in total. The van der Waals surface area contributed by atoms with E-state index >= 15 is 0 Å². The Morgan fingerprint density at radius 3 is 2.28 bits per heavy atom. The Labute approximate surface area is 110 Å². The normalized spacial score (nSPS) is 12.1. The first-order valence-corrected chi connectivity index (χ1v) is 6.60. The summed E-state index contributed by atoms with van der Waals surface area (Å²) in [5.74, 6) is 0.359. The molecule has 0 aliphatic heterocycles. The van der Waals surface area contributed by atoms with Crippen molar-refractivity contribution in [3.8, 4) is 0 Å². The minimum Gasteiger partial charge on any atom is -0.347 e. The molecular formula is C13H27N3O2. The van der Waals surface area contributed by atoms with Gasteiger partial charge in [0.2, 0.25) is 11.8 Å². The molecule has 18 heavy (non-hydrogen) atoms. The van der Waals surface area contributed by atoms with Crippen LogP contribution in [-0.2, 0) is 9.59 Å². The number of nitrogens with zero attached hydrogens (tertiary/aromatic N) is 2. The zero-order valence-electron chi connectivity index (χ0n) is 12.1. The van der Waals surface area contributed by atoms with Gasteiger partial charge in [-0.25, -0.2) is 0 Å². The summed E-state index contributed by atoms with van der Waals surface area (Å²) in [6.07, 6.45) is 2.11. The van der Waals surface area contributed by atoms with Crippen molar-refractivity contribution >= 4 is 11.8 Å². The molecule has 106 valence electrons. The van der Waals surface area contributed by atoms with Crippen LogP contribution in [0.25, 0.3) is 0 Å². The predicted octanol–water partition coefficient (Wildman–Crippen LogP) is 0.688. The quantitative estimate of drug-likeness (QED) is 0.695. The van der Waals surface area contributed by atoms with Crippen LogP contribution in [0.2, 0.25) is 0 Å². The highest BCUT2D eigenvalue weighted by Crippen LogP contribution is 2.07. The summed E-state index contributed by atoms with van der Waals surface area (Å²) in [4.78, 5) is 26.8. The van der Waals surface area contributed by atoms with Crippen LogP contribution in [0.3, 0.4) is 0 Å². The van der Waals surface area contributed by atoms with Gasteiger partial charge in [-0.05, 0) is 25.3 Å². The number of carbonyl (C=O) groups is 2. The molecule has 0 aliphatic rings. The van der Waals surface area contributed by atoms with Gasteiger partial charge in [0.1, 0.15) is 0 Å². The Morgan fingerprint density at radius 2 is 1.83 bits per heavy atom. The van der Waals surface area contributed by atoms with Crippen LogP contribution in [0.1, 0.15) is 33.1 Å². The van der Waals surface area contributed by atoms with Gasteiger partial charge in [0.05, 0.1) is 6.54 Å². The van der Waals surface area contributed by atoms with E-state index in [2.05, 4.69) is 0 Å². The summed E-state index contributed by atoms with van der Waals surface area (Å²) in [5, 5.41) is 0. The molecule has 2 amide bonds. The van der Waals surface area contributed by atoms with Crippen molar-refractivity contribution in [2.45, 2.75) is 33.1 Å². The number of amides is 2. The second kappa shape index (κ2) is 8.91. The maximum Gasteiger partial charge on any atom is 0.241 e. The third-order valence-corrected chi connectivity index (χ3v) is 2.92. The average Bonchev–Trinajstić information content (AvgIpc) is 2.34. The first kappa shape index (κ1) is 16.9. The van der Waals surface area contributed by atoms with Gasteiger partial charge in [-0.2, -0.15) is 0 Å². The summed E-state index contributed by atoms with van der Waals surface area (Å²) in [7, 11) is 3.40. The maximum absolute atomic E-state index is 12.0. The molecule has 0 bridgehead atoms. The predicted molar refractivity (Wildman–Crippen MR) is 73.0 cm³/mol. The van der Waals surface area contributed by atoms with Crippen LogP contribution in [0.5, 0.6) is 0 Å². The van der Waals surface area contributed by atoms with E-state index in [1.807, 2.05) is 13.8 Å². The van der Waals surface area contributed by atoms with Crippen LogP contribution in [0.15, 0.2) is 0 Å². The van der Waals surface area contributed by atoms with E-state index in [0.29, 0.717) is 25.4 Å². The average molecular weight is 257 g/mol. The summed E-state index contributed by atoms with van der Waals surface area (Å²) in [5.41, 5.74) is 5.53. The largest absolute Gasteiger partial charge is 0.347 e. The number of carbonyl (C=O) groups excluding carboxylic acids is 2. The molecule has 0 heterocycles. The second-order valence-electron chi connectivity index (χ2n) is 4.98. The van der Waals surface area contributed by atoms with Gasteiger partial charge in [0.15, 0.2) is 0 Å². The fraction of sp³-hybridized carbons (Fsp3) is 0.846. The molecule has 1 atom stereocenters. The second-order valence-corrected chi connectivity index (χ2v) is 4.98. The molecule has 0 aromatic carbocycles. The zero-order valence-corrected chi connectivity index (χ0v) is 12.1. The molecule has 0 saturated carbocycles. The molecular weight excluding hydrogens is 230 g/mol. The number of nitrogens with two attached hydrogens (primary N) is 1. The molecule has 0 fully saturated rings. The van der Waals surface area contributed by atoms with Crippen LogP contribution in [-0.4, -0.2) is 55.3 Å². The Kier molecular flexibility index (Phi) is 8.37. The zero-order chi connectivity index (χ0) is 14.1. The van der Waals surface area contributed by atoms with E-state index in [4.69, 9.17) is 5.73 Å². The maximum atomic E-state index is 12.0. The minimum atomic E-state index is -0.0383. The lowest BCUT2D eigenvalue weighted by Crippen LogP contribution is -2.40. The molecule has 0 saturated heterocycles. The first-order valence-electron chi connectivity index (χ1n) is 6.60. The van der Waals surface area contributed by atoms with Gasteiger partial charge in [-0.1, -0.05) is 13.8 Å². The number of hydrogen-bond donors (Lipinski definition) is 1. The molecule has 2 N–H and O–H groups in total. The van der Waals surface area contributed by atoms with Gasteiger partial charge >= 0.3 is 0 Å². The SMILES string of the molecule is CCCN(CC(=O)N(C)C)C(=O)CCC(C)CN. The lowest BCUT2D eigenvalue weighted by atomic mass is 10.1. The van der Waals surface area contributed by atoms with E-state index in [1.54, 1.807) is 19.0 Å². The van der Waals surface area contributed by atoms with E-state index in [9.17, 15) is 9.59 Å². The molecule has 0 radical (unpaired) electrons. The number of likely N-dealkylation sites (N-methyl/N-ethyl adjacent to an activating group) is 1. The van der Waals surface area contributed by atoms with Crippen molar-refractivity contribution < 1.29 is 9.59 Å². The lowest BCUT2D eigenvalue weighted by molar-refractivity contribution is -0.139. The summed E-state index contributed by atoms with van der Waals surface area (Å²) >= 11 is 0. The molecule has 0 aliphatic carbocycles. The minimum absolute atomic E-state index is 0.0383. The van der Waals surface area contributed by atoms with E-state index in [1.165, 1.54) is 4.90 Å². The first-order chi connectivity index (χ1) is 8.42. The Balaban J connectivity index is 4.31. The Morgan fingerprint density at radius 1 is 1.22 bits per heavy atom. The monoisotopic (exact) mass is 257 g/mol. The third-order valence-electron chi connectivity index (χ3n) is 2.92. The summed E-state index contributed by atoms with van der Waals surface area (Å²) < 4.78 is 0. The number of rotatable bonds is 8. The lowest BCUT2D eigenvalue weighted by Gasteiger charge is -2.23. The van der Waals surface area contributed by atoms with Gasteiger partial charge in [0, 0.05) is 27.1 Å². The van der Waals surface area contributed by atoms with Crippen LogP contribution in [0, 0.1) is 5.92 Å². The highest BCUT2D eigenvalue weighted by molar-refractivity contribution is 5.84. The highest BCUT2D eigenvalue weighted by Gasteiger charge is 2.17. The van der Waals surface area contributed by atoms with E-state index in [0.717, 1.165) is 12.8 Å². The third kappa shape index (κ3) is 6.59. The van der Waals surface area contributed by atoms with Crippen molar-refractivity contribution in [1.82, 2.24) is 9.80 Å². The fourth-order valence-electron chi connectivity index (χ4n) is 1.51. The van der Waals surface area contributed by atoms with Gasteiger partial charge in [-0.3, -0.25) is 9.59 Å². The van der Waals surface area contributed by atoms with Crippen molar-refractivity contribution in [2.24, 2.45) is 11.7 Å². The standard InChI is InChI=1S/C13H27N3O2/c1-5-8-16(10-13(18)15(3)4)12(17)7-6-11(2)9-14/h11H,5-10,14H2,1-4H3. The molecule has 5 heteroatoms.